The fraction of sp³-hybridized carbons (Fsp3) is 0.667. The Morgan fingerprint density at radius 3 is 2.30 bits per heavy atom. The third-order valence-electron chi connectivity index (χ3n) is 5.55. The Morgan fingerprint density at radius 1 is 1.10 bits per heavy atom. The van der Waals surface area contributed by atoms with Gasteiger partial charge < -0.3 is 10.2 Å². The van der Waals surface area contributed by atoms with Gasteiger partial charge >= 0.3 is 0 Å². The van der Waals surface area contributed by atoms with Gasteiger partial charge in [0.1, 0.15) is 0 Å². The average molecular weight is 272 g/mol. The van der Waals surface area contributed by atoms with Crippen molar-refractivity contribution in [1.29, 1.82) is 0 Å². The highest BCUT2D eigenvalue weighted by Crippen LogP contribution is 2.32. The number of aryl methyl sites for hydroxylation is 2. The van der Waals surface area contributed by atoms with Crippen LogP contribution in [0.5, 0.6) is 0 Å². The molecule has 2 fully saturated rings. The summed E-state index contributed by atoms with van der Waals surface area (Å²) in [5.41, 5.74) is 4.34. The number of fused-ring (bicyclic) bond motifs is 2. The molecule has 0 spiro atoms. The standard InChI is InChI=1S/C18H28N2/c1-13-6-4-7-14(2)18(13)12-19-15-10-16-8-5-9-17(11-15)20(16)3/h4,6-7,15-17,19H,5,8-12H2,1-3H3. The SMILES string of the molecule is Cc1cccc(C)c1CNC1CC2CCCC(C1)N2C. The van der Waals surface area contributed by atoms with E-state index in [-0.39, 0.29) is 0 Å². The van der Waals surface area contributed by atoms with Gasteiger partial charge in [0.25, 0.3) is 0 Å². The van der Waals surface area contributed by atoms with E-state index in [9.17, 15) is 0 Å². The van der Waals surface area contributed by atoms with Crippen LogP contribution in [0.15, 0.2) is 18.2 Å². The van der Waals surface area contributed by atoms with E-state index in [1.165, 1.54) is 48.8 Å². The lowest BCUT2D eigenvalue weighted by atomic mass is 9.82. The van der Waals surface area contributed by atoms with Crippen LogP contribution in [0.1, 0.15) is 48.8 Å². The Balaban J connectivity index is 1.62. The van der Waals surface area contributed by atoms with Gasteiger partial charge in [-0.15, -0.1) is 0 Å². The summed E-state index contributed by atoms with van der Waals surface area (Å²) in [7, 11) is 2.33. The van der Waals surface area contributed by atoms with Crippen LogP contribution in [0.25, 0.3) is 0 Å². The highest BCUT2D eigenvalue weighted by Gasteiger charge is 2.35. The molecule has 2 heterocycles. The van der Waals surface area contributed by atoms with Crippen LogP contribution in [0.4, 0.5) is 0 Å². The topological polar surface area (TPSA) is 15.3 Å². The Kier molecular flexibility index (Phi) is 4.13. The molecule has 1 N–H and O–H groups in total. The van der Waals surface area contributed by atoms with Gasteiger partial charge in [0.05, 0.1) is 0 Å². The second-order valence-electron chi connectivity index (χ2n) is 6.82. The number of benzene rings is 1. The summed E-state index contributed by atoms with van der Waals surface area (Å²) in [6, 6.07) is 8.96. The van der Waals surface area contributed by atoms with Gasteiger partial charge in [0.15, 0.2) is 0 Å². The van der Waals surface area contributed by atoms with E-state index in [0.717, 1.165) is 18.6 Å². The first-order valence-corrected chi connectivity index (χ1v) is 8.15. The number of hydrogen-bond donors (Lipinski definition) is 1. The summed E-state index contributed by atoms with van der Waals surface area (Å²) in [5, 5.41) is 3.84. The van der Waals surface area contributed by atoms with Crippen LogP contribution < -0.4 is 5.32 Å². The van der Waals surface area contributed by atoms with Crippen molar-refractivity contribution in [3.8, 4) is 0 Å². The number of hydrogen-bond acceptors (Lipinski definition) is 2. The minimum atomic E-state index is 0.709. The zero-order valence-corrected chi connectivity index (χ0v) is 13.2. The number of nitrogens with zero attached hydrogens (tertiary/aromatic N) is 1. The number of nitrogens with one attached hydrogen (secondary N) is 1. The van der Waals surface area contributed by atoms with Crippen molar-refractivity contribution in [2.75, 3.05) is 7.05 Å². The van der Waals surface area contributed by atoms with Gasteiger partial charge in [-0.3, -0.25) is 0 Å². The molecule has 2 heteroatoms. The summed E-state index contributed by atoms with van der Waals surface area (Å²) in [5.74, 6) is 0. The molecule has 2 saturated heterocycles. The van der Waals surface area contributed by atoms with E-state index in [0.29, 0.717) is 6.04 Å². The third kappa shape index (κ3) is 2.77. The van der Waals surface area contributed by atoms with Crippen molar-refractivity contribution in [3.05, 3.63) is 34.9 Å². The second kappa shape index (κ2) is 5.87. The summed E-state index contributed by atoms with van der Waals surface area (Å²) in [6.45, 7) is 5.49. The normalized spacial score (nSPS) is 30.4. The molecule has 0 radical (unpaired) electrons. The monoisotopic (exact) mass is 272 g/mol. The van der Waals surface area contributed by atoms with Crippen LogP contribution in [0.2, 0.25) is 0 Å². The minimum Gasteiger partial charge on any atom is -0.310 e. The Morgan fingerprint density at radius 2 is 1.70 bits per heavy atom. The summed E-state index contributed by atoms with van der Waals surface area (Å²) >= 11 is 0. The van der Waals surface area contributed by atoms with E-state index in [4.69, 9.17) is 0 Å². The maximum atomic E-state index is 3.84. The van der Waals surface area contributed by atoms with E-state index >= 15 is 0 Å². The molecule has 2 bridgehead atoms. The lowest BCUT2D eigenvalue weighted by Gasteiger charge is -2.47. The van der Waals surface area contributed by atoms with Gasteiger partial charge in [0, 0.05) is 24.7 Å². The molecule has 3 rings (SSSR count). The number of rotatable bonds is 3. The fourth-order valence-electron chi connectivity index (χ4n) is 4.16. The maximum absolute atomic E-state index is 3.84. The summed E-state index contributed by atoms with van der Waals surface area (Å²) in [6.07, 6.45) is 6.89. The predicted octanol–water partition coefficient (Wildman–Crippen LogP) is 3.41. The molecule has 0 amide bonds. The first-order chi connectivity index (χ1) is 9.65. The molecule has 2 atom stereocenters. The molecular formula is C18H28N2. The molecule has 0 aromatic heterocycles. The molecule has 0 saturated carbocycles. The second-order valence-corrected chi connectivity index (χ2v) is 6.82. The third-order valence-corrected chi connectivity index (χ3v) is 5.55. The van der Waals surface area contributed by atoms with Crippen molar-refractivity contribution in [2.24, 2.45) is 0 Å². The van der Waals surface area contributed by atoms with Crippen molar-refractivity contribution in [1.82, 2.24) is 10.2 Å². The summed E-state index contributed by atoms with van der Waals surface area (Å²) < 4.78 is 0. The maximum Gasteiger partial charge on any atom is 0.0213 e. The van der Waals surface area contributed by atoms with Crippen molar-refractivity contribution >= 4 is 0 Å². The zero-order valence-electron chi connectivity index (χ0n) is 13.2. The van der Waals surface area contributed by atoms with Gasteiger partial charge in [-0.25, -0.2) is 0 Å². The smallest absolute Gasteiger partial charge is 0.0213 e. The molecule has 2 nitrogen and oxygen atoms in total. The van der Waals surface area contributed by atoms with Crippen LogP contribution >= 0.6 is 0 Å². The molecule has 2 unspecified atom stereocenters. The van der Waals surface area contributed by atoms with Crippen LogP contribution in [-0.4, -0.2) is 30.1 Å². The number of piperidine rings is 2. The highest BCUT2D eigenvalue weighted by molar-refractivity contribution is 5.33. The minimum absolute atomic E-state index is 0.709. The van der Waals surface area contributed by atoms with E-state index in [2.05, 4.69) is 49.3 Å². The molecule has 2 aliphatic rings. The molecular weight excluding hydrogens is 244 g/mol. The molecule has 2 aliphatic heterocycles. The van der Waals surface area contributed by atoms with Crippen molar-refractivity contribution in [2.45, 2.75) is 70.6 Å². The molecule has 20 heavy (non-hydrogen) atoms. The Bertz CT molecular complexity index is 434. The lowest BCUT2D eigenvalue weighted by Crippen LogP contribution is -2.54. The van der Waals surface area contributed by atoms with Crippen molar-refractivity contribution < 1.29 is 0 Å². The van der Waals surface area contributed by atoms with Crippen LogP contribution in [0, 0.1) is 13.8 Å². The largest absolute Gasteiger partial charge is 0.310 e. The highest BCUT2D eigenvalue weighted by atomic mass is 15.2. The van der Waals surface area contributed by atoms with Crippen LogP contribution in [-0.2, 0) is 6.54 Å². The van der Waals surface area contributed by atoms with Gasteiger partial charge in [-0.2, -0.15) is 0 Å². The predicted molar refractivity (Wildman–Crippen MR) is 85.0 cm³/mol. The van der Waals surface area contributed by atoms with E-state index < -0.39 is 0 Å². The first-order valence-electron chi connectivity index (χ1n) is 8.15. The molecule has 110 valence electrons. The van der Waals surface area contributed by atoms with E-state index in [1.807, 2.05) is 0 Å². The first kappa shape index (κ1) is 14.1. The Labute approximate surface area is 123 Å². The zero-order chi connectivity index (χ0) is 14.1. The average Bonchev–Trinajstić information content (AvgIpc) is 2.39. The lowest BCUT2D eigenvalue weighted by molar-refractivity contribution is 0.0482. The quantitative estimate of drug-likeness (QED) is 0.907. The van der Waals surface area contributed by atoms with Gasteiger partial charge in [0.2, 0.25) is 0 Å². The molecule has 0 aliphatic carbocycles. The van der Waals surface area contributed by atoms with E-state index in [1.54, 1.807) is 0 Å². The Hall–Kier alpha value is -0.860. The van der Waals surface area contributed by atoms with Crippen LogP contribution in [0.3, 0.4) is 0 Å². The van der Waals surface area contributed by atoms with Crippen molar-refractivity contribution in [3.63, 3.8) is 0 Å². The summed E-state index contributed by atoms with van der Waals surface area (Å²) in [4.78, 5) is 2.64. The van der Waals surface area contributed by atoms with Gasteiger partial charge in [-0.05, 0) is 63.3 Å². The fourth-order valence-corrected chi connectivity index (χ4v) is 4.16. The molecule has 1 aromatic rings. The molecule has 1 aromatic carbocycles. The van der Waals surface area contributed by atoms with Gasteiger partial charge in [-0.1, -0.05) is 24.6 Å².